The minimum Gasteiger partial charge on any atom is -0.394 e. The molecule has 0 aromatic heterocycles. The van der Waals surface area contributed by atoms with Crippen LogP contribution in [0.2, 0.25) is 0 Å². The number of allylic oxidation sites excluding steroid dienone is 7. The molecule has 109 heavy (non-hydrogen) atoms. The first kappa shape index (κ1) is 101. The van der Waals surface area contributed by atoms with Crippen molar-refractivity contribution in [2.24, 2.45) is 0 Å². The molecule has 3 saturated heterocycles. The minimum absolute atomic E-state index is 0.235. The quantitative estimate of drug-likeness (QED) is 0.0199. The van der Waals surface area contributed by atoms with E-state index in [-0.39, 0.29) is 18.9 Å². The Morgan fingerprint density at radius 2 is 0.587 bits per heavy atom. The van der Waals surface area contributed by atoms with Gasteiger partial charge in [0.25, 0.3) is 0 Å². The van der Waals surface area contributed by atoms with E-state index in [4.69, 9.17) is 28.4 Å². The largest absolute Gasteiger partial charge is 0.394 e. The number of hydrogen-bond donors (Lipinski definition) is 12. The third-order valence-electron chi connectivity index (χ3n) is 22.6. The van der Waals surface area contributed by atoms with E-state index in [0.29, 0.717) is 12.8 Å². The van der Waals surface area contributed by atoms with Crippen molar-refractivity contribution in [3.63, 3.8) is 0 Å². The molecule has 19 heteroatoms. The van der Waals surface area contributed by atoms with Crippen LogP contribution in [0.25, 0.3) is 0 Å². The number of amides is 1. The van der Waals surface area contributed by atoms with Crippen molar-refractivity contribution >= 4 is 5.91 Å². The molecule has 3 aliphatic heterocycles. The average Bonchev–Trinajstić information content (AvgIpc) is 0.749. The molecule has 3 heterocycles. The van der Waals surface area contributed by atoms with Crippen LogP contribution in [0.5, 0.6) is 0 Å². The van der Waals surface area contributed by atoms with Gasteiger partial charge in [0, 0.05) is 6.42 Å². The summed E-state index contributed by atoms with van der Waals surface area (Å²) in [6.45, 7) is 1.77. The molecule has 1 amide bonds. The number of aliphatic hydroxyl groups excluding tert-OH is 11. The smallest absolute Gasteiger partial charge is 0.220 e. The van der Waals surface area contributed by atoms with Gasteiger partial charge in [-0.15, -0.1) is 0 Å². The van der Waals surface area contributed by atoms with Gasteiger partial charge in [0.15, 0.2) is 18.9 Å². The van der Waals surface area contributed by atoms with Crippen molar-refractivity contribution in [1.29, 1.82) is 0 Å². The first-order valence-electron chi connectivity index (χ1n) is 45.4. The molecule has 0 radical (unpaired) electrons. The Morgan fingerprint density at radius 1 is 0.321 bits per heavy atom. The molecule has 0 saturated carbocycles. The van der Waals surface area contributed by atoms with E-state index in [9.17, 15) is 61.0 Å². The maximum atomic E-state index is 13.5. The molecule has 0 bridgehead atoms. The summed E-state index contributed by atoms with van der Waals surface area (Å²) in [5, 5.41) is 121. The molecular formula is C90H167NO18. The Kier molecular flexibility index (Phi) is 64.8. The number of hydrogen-bond acceptors (Lipinski definition) is 18. The molecule has 640 valence electrons. The summed E-state index contributed by atoms with van der Waals surface area (Å²) in [7, 11) is 0. The van der Waals surface area contributed by atoms with E-state index in [1.54, 1.807) is 6.08 Å². The Morgan fingerprint density at radius 3 is 0.917 bits per heavy atom. The zero-order valence-electron chi connectivity index (χ0n) is 69.1. The van der Waals surface area contributed by atoms with Crippen LogP contribution in [0.1, 0.15) is 386 Å². The SMILES string of the molecule is CCCCCCCCCC/C=C\CCCCCCCCCCCCCCCCCCCCCCCCCC(=O)NC(COC1OC(CO)C(OC2OC(CO)C(OC3OC(CO)C(O)C(O)C3O)C(O)C2O)C(O)C1O)C(O)/C=C/CC/C=C/CC/C=C/CCCCCCCCCCCCCCCCCCCCC. The van der Waals surface area contributed by atoms with Gasteiger partial charge in [-0.3, -0.25) is 4.79 Å². The summed E-state index contributed by atoms with van der Waals surface area (Å²) < 4.78 is 34.5. The Bertz CT molecular complexity index is 2150. The summed E-state index contributed by atoms with van der Waals surface area (Å²) in [5.74, 6) is -0.282. The van der Waals surface area contributed by atoms with Gasteiger partial charge in [-0.1, -0.05) is 358 Å². The second-order valence-electron chi connectivity index (χ2n) is 32.4. The fraction of sp³-hybridized carbons (Fsp3) is 0.900. The Balaban J connectivity index is 1.34. The monoisotopic (exact) mass is 1550 g/mol. The summed E-state index contributed by atoms with van der Waals surface area (Å²) in [6, 6.07) is -0.998. The molecule has 0 spiro atoms. The Hall–Kier alpha value is -2.25. The highest BCUT2D eigenvalue weighted by Crippen LogP contribution is 2.34. The van der Waals surface area contributed by atoms with Crippen LogP contribution >= 0.6 is 0 Å². The summed E-state index contributed by atoms with van der Waals surface area (Å²) in [5.41, 5.74) is 0. The third kappa shape index (κ3) is 48.8. The fourth-order valence-corrected chi connectivity index (χ4v) is 15.3. The van der Waals surface area contributed by atoms with Crippen LogP contribution in [0.15, 0.2) is 48.6 Å². The molecular weight excluding hydrogens is 1380 g/mol. The number of rotatable bonds is 74. The molecule has 3 aliphatic rings. The molecule has 12 N–H and O–H groups in total. The van der Waals surface area contributed by atoms with Gasteiger partial charge in [-0.05, 0) is 70.6 Å². The Labute approximate surface area is 663 Å². The van der Waals surface area contributed by atoms with Crippen LogP contribution in [0.4, 0.5) is 0 Å². The topological polar surface area (TPSA) is 307 Å². The molecule has 0 aromatic carbocycles. The molecule has 0 aliphatic carbocycles. The van der Waals surface area contributed by atoms with E-state index in [0.717, 1.165) is 44.9 Å². The van der Waals surface area contributed by atoms with Crippen molar-refractivity contribution in [2.75, 3.05) is 26.4 Å². The number of carbonyl (C=O) groups excluding carboxylic acids is 1. The van der Waals surface area contributed by atoms with Gasteiger partial charge in [-0.25, -0.2) is 0 Å². The maximum absolute atomic E-state index is 13.5. The van der Waals surface area contributed by atoms with Crippen molar-refractivity contribution in [2.45, 2.75) is 491 Å². The standard InChI is InChI=1S/C90H167NO18/c1-3-5-7-9-11-13-15-17-19-21-23-25-27-29-31-33-34-35-36-37-38-40-42-44-46-48-50-52-54-56-58-60-62-64-66-68-78(96)91-73(74(95)67-65-63-61-59-57-55-53-51-49-47-45-43-41-39-32-30-28-26-24-22-20-18-16-14-12-10-8-6-4-2)72-104-88-84(102)81(99)86(76(70-93)106-88)109-90-85(103)82(100)87(77(71-94)107-90)108-89-83(101)80(98)79(97)75(69-92)105-89/h21,23,49,51,57,59,65,67,73-77,79-90,92-95,97-103H,3-20,22,24-48,50,52-56,58,60-64,66,68-72H2,1-2H3,(H,91,96)/b23-21-,51-49+,59-57+,67-65+. The lowest BCUT2D eigenvalue weighted by atomic mass is 9.96. The third-order valence-corrected chi connectivity index (χ3v) is 22.6. The lowest BCUT2D eigenvalue weighted by Crippen LogP contribution is -2.66. The minimum atomic E-state index is -1.98. The number of carbonyl (C=O) groups is 1. The van der Waals surface area contributed by atoms with E-state index < -0.39 is 124 Å². The highest BCUT2D eigenvalue weighted by atomic mass is 16.8. The molecule has 17 unspecified atom stereocenters. The average molecular weight is 1550 g/mol. The summed E-state index contributed by atoms with van der Waals surface area (Å²) in [4.78, 5) is 13.5. The van der Waals surface area contributed by atoms with Gasteiger partial charge in [0.1, 0.15) is 73.2 Å². The first-order chi connectivity index (χ1) is 53.3. The summed E-state index contributed by atoms with van der Waals surface area (Å²) in [6.07, 6.45) is 64.2. The zero-order valence-corrected chi connectivity index (χ0v) is 69.1. The van der Waals surface area contributed by atoms with Crippen LogP contribution < -0.4 is 5.32 Å². The summed E-state index contributed by atoms with van der Waals surface area (Å²) >= 11 is 0. The van der Waals surface area contributed by atoms with Crippen molar-refractivity contribution in [3.05, 3.63) is 48.6 Å². The molecule has 3 rings (SSSR count). The molecule has 0 aromatic rings. The number of aliphatic hydroxyl groups is 11. The van der Waals surface area contributed by atoms with Gasteiger partial charge < -0.3 is 89.9 Å². The van der Waals surface area contributed by atoms with Gasteiger partial charge in [-0.2, -0.15) is 0 Å². The van der Waals surface area contributed by atoms with E-state index in [2.05, 4.69) is 55.6 Å². The lowest BCUT2D eigenvalue weighted by Gasteiger charge is -2.48. The first-order valence-corrected chi connectivity index (χ1v) is 45.4. The van der Waals surface area contributed by atoms with Gasteiger partial charge >= 0.3 is 0 Å². The number of unbranched alkanes of at least 4 members (excludes halogenated alkanes) is 52. The van der Waals surface area contributed by atoms with E-state index in [1.165, 1.54) is 308 Å². The highest BCUT2D eigenvalue weighted by Gasteiger charge is 2.54. The second-order valence-corrected chi connectivity index (χ2v) is 32.4. The molecule has 3 fully saturated rings. The van der Waals surface area contributed by atoms with Crippen molar-refractivity contribution < 1.29 is 89.4 Å². The van der Waals surface area contributed by atoms with Crippen molar-refractivity contribution in [3.8, 4) is 0 Å². The van der Waals surface area contributed by atoms with Crippen LogP contribution in [-0.2, 0) is 33.2 Å². The van der Waals surface area contributed by atoms with Crippen LogP contribution in [0.3, 0.4) is 0 Å². The lowest BCUT2D eigenvalue weighted by molar-refractivity contribution is -0.379. The van der Waals surface area contributed by atoms with Gasteiger partial charge in [0.05, 0.1) is 38.6 Å². The molecule has 19 nitrogen and oxygen atoms in total. The fourth-order valence-electron chi connectivity index (χ4n) is 15.3. The highest BCUT2D eigenvalue weighted by molar-refractivity contribution is 5.76. The predicted molar refractivity (Wildman–Crippen MR) is 439 cm³/mol. The maximum Gasteiger partial charge on any atom is 0.220 e. The zero-order chi connectivity index (χ0) is 78.8. The van der Waals surface area contributed by atoms with Crippen LogP contribution in [0, 0.1) is 0 Å². The van der Waals surface area contributed by atoms with Gasteiger partial charge in [0.2, 0.25) is 5.91 Å². The van der Waals surface area contributed by atoms with E-state index >= 15 is 0 Å². The predicted octanol–water partition coefficient (Wildman–Crippen LogP) is 17.2. The second kappa shape index (κ2) is 70.0. The number of ether oxygens (including phenoxy) is 6. The van der Waals surface area contributed by atoms with Crippen LogP contribution in [-0.4, -0.2) is 193 Å². The number of nitrogens with one attached hydrogen (secondary N) is 1. The van der Waals surface area contributed by atoms with Crippen molar-refractivity contribution in [1.82, 2.24) is 5.32 Å². The normalized spacial score (nSPS) is 25.5. The molecule has 17 atom stereocenters. The van der Waals surface area contributed by atoms with E-state index in [1.807, 2.05) is 6.08 Å².